The van der Waals surface area contributed by atoms with Gasteiger partial charge in [-0.05, 0) is 68.1 Å². The van der Waals surface area contributed by atoms with Crippen LogP contribution in [0.1, 0.15) is 39.3 Å². The van der Waals surface area contributed by atoms with Crippen LogP contribution in [-0.2, 0) is 17.8 Å². The van der Waals surface area contributed by atoms with E-state index in [1.165, 1.54) is 17.3 Å². The monoisotopic (exact) mass is 511 g/mol. The maximum absolute atomic E-state index is 13.2. The number of thioether (sulfide) groups is 1. The number of aromatic nitrogens is 3. The van der Waals surface area contributed by atoms with E-state index >= 15 is 0 Å². The van der Waals surface area contributed by atoms with Crippen LogP contribution in [0.3, 0.4) is 0 Å². The summed E-state index contributed by atoms with van der Waals surface area (Å²) in [6, 6.07) is 23.6. The van der Waals surface area contributed by atoms with Crippen molar-refractivity contribution in [3.63, 3.8) is 0 Å². The number of amides is 2. The Morgan fingerprint density at radius 3 is 2.54 bits per heavy atom. The van der Waals surface area contributed by atoms with Crippen molar-refractivity contribution in [2.75, 3.05) is 17.2 Å². The molecule has 0 radical (unpaired) electrons. The van der Waals surface area contributed by atoms with Crippen LogP contribution in [0.5, 0.6) is 0 Å². The van der Waals surface area contributed by atoms with Gasteiger partial charge in [0, 0.05) is 23.5 Å². The van der Waals surface area contributed by atoms with Gasteiger partial charge in [0.2, 0.25) is 5.91 Å². The predicted octanol–water partition coefficient (Wildman–Crippen LogP) is 4.89. The van der Waals surface area contributed by atoms with Gasteiger partial charge in [0.15, 0.2) is 11.0 Å². The Bertz CT molecular complexity index is 1450. The van der Waals surface area contributed by atoms with Crippen molar-refractivity contribution in [2.45, 2.75) is 38.4 Å². The highest BCUT2D eigenvalue weighted by atomic mass is 32.2. The van der Waals surface area contributed by atoms with Crippen molar-refractivity contribution in [3.8, 4) is 5.69 Å². The van der Waals surface area contributed by atoms with Gasteiger partial charge >= 0.3 is 0 Å². The third-order valence-electron chi connectivity index (χ3n) is 6.38. The van der Waals surface area contributed by atoms with Gasteiger partial charge < -0.3 is 10.2 Å². The normalized spacial score (nSPS) is 12.8. The largest absolute Gasteiger partial charge is 0.345 e. The number of anilines is 1. The Hall–Kier alpha value is -3.91. The van der Waals surface area contributed by atoms with Crippen molar-refractivity contribution in [3.05, 3.63) is 101 Å². The highest BCUT2D eigenvalue weighted by Gasteiger charge is 2.24. The van der Waals surface area contributed by atoms with Crippen molar-refractivity contribution in [1.82, 2.24) is 20.1 Å². The molecule has 3 aromatic carbocycles. The molecule has 0 aliphatic carbocycles. The summed E-state index contributed by atoms with van der Waals surface area (Å²) < 4.78 is 1.92. The number of fused-ring (bicyclic) bond motifs is 1. The molecule has 0 fully saturated rings. The summed E-state index contributed by atoms with van der Waals surface area (Å²) in [6.07, 6.45) is 1.95. The molecule has 7 nitrogen and oxygen atoms in total. The second-order valence-electron chi connectivity index (χ2n) is 9.19. The van der Waals surface area contributed by atoms with Crippen molar-refractivity contribution in [1.29, 1.82) is 0 Å². The zero-order valence-corrected chi connectivity index (χ0v) is 21.8. The van der Waals surface area contributed by atoms with Crippen LogP contribution in [0.4, 0.5) is 5.69 Å². The Morgan fingerprint density at radius 2 is 1.73 bits per heavy atom. The first kappa shape index (κ1) is 24.8. The summed E-state index contributed by atoms with van der Waals surface area (Å²) in [6.45, 7) is 4.91. The molecule has 8 heteroatoms. The molecule has 188 valence electrons. The number of rotatable bonds is 7. The minimum atomic E-state index is -0.171. The molecule has 1 N–H and O–H groups in total. The first-order chi connectivity index (χ1) is 18.0. The second kappa shape index (κ2) is 11.0. The van der Waals surface area contributed by atoms with Crippen LogP contribution in [0.2, 0.25) is 0 Å². The number of nitrogens with zero attached hydrogens (tertiary/aromatic N) is 4. The lowest BCUT2D eigenvalue weighted by atomic mass is 10.0. The summed E-state index contributed by atoms with van der Waals surface area (Å²) in [5, 5.41) is 12.4. The molecule has 0 atom stereocenters. The molecular weight excluding hydrogens is 482 g/mol. The topological polar surface area (TPSA) is 80.1 Å². The minimum Gasteiger partial charge on any atom is -0.345 e. The van der Waals surface area contributed by atoms with Gasteiger partial charge in [-0.25, -0.2) is 0 Å². The zero-order valence-electron chi connectivity index (χ0n) is 21.0. The van der Waals surface area contributed by atoms with E-state index in [0.29, 0.717) is 16.5 Å². The van der Waals surface area contributed by atoms with E-state index in [0.717, 1.165) is 41.9 Å². The fourth-order valence-corrected chi connectivity index (χ4v) is 5.43. The number of hydrogen-bond donors (Lipinski definition) is 1. The van der Waals surface area contributed by atoms with E-state index < -0.39 is 0 Å². The van der Waals surface area contributed by atoms with Crippen molar-refractivity contribution in [2.24, 2.45) is 0 Å². The minimum absolute atomic E-state index is 0.0465. The number of hydrogen-bond acceptors (Lipinski definition) is 5. The summed E-state index contributed by atoms with van der Waals surface area (Å²) in [7, 11) is 0. The molecule has 0 saturated carbocycles. The predicted molar refractivity (Wildman–Crippen MR) is 146 cm³/mol. The summed E-state index contributed by atoms with van der Waals surface area (Å²) in [5.41, 5.74) is 5.82. The van der Waals surface area contributed by atoms with Crippen LogP contribution >= 0.6 is 11.8 Å². The lowest BCUT2D eigenvalue weighted by Crippen LogP contribution is -2.36. The summed E-state index contributed by atoms with van der Waals surface area (Å²) >= 11 is 1.36. The zero-order chi connectivity index (χ0) is 25.8. The molecular formula is C29H29N5O2S. The third-order valence-corrected chi connectivity index (χ3v) is 7.30. The summed E-state index contributed by atoms with van der Waals surface area (Å²) in [5.74, 6) is 0.722. The summed E-state index contributed by atoms with van der Waals surface area (Å²) in [4.78, 5) is 27.9. The molecule has 0 spiro atoms. The third kappa shape index (κ3) is 5.59. The fourth-order valence-electron chi connectivity index (χ4n) is 4.58. The number of para-hydroxylation sites is 1. The van der Waals surface area contributed by atoms with Gasteiger partial charge in [-0.2, -0.15) is 0 Å². The average Bonchev–Trinajstić information content (AvgIpc) is 3.32. The lowest BCUT2D eigenvalue weighted by molar-refractivity contribution is -0.116. The van der Waals surface area contributed by atoms with E-state index in [1.54, 1.807) is 6.07 Å². The van der Waals surface area contributed by atoms with Gasteiger partial charge in [-0.3, -0.25) is 14.2 Å². The maximum Gasteiger partial charge on any atom is 0.251 e. The molecule has 2 heterocycles. The molecule has 1 aliphatic heterocycles. The number of benzene rings is 3. The van der Waals surface area contributed by atoms with Crippen molar-refractivity contribution >= 4 is 29.3 Å². The molecule has 2 amide bonds. The molecule has 1 aromatic heterocycles. The quantitative estimate of drug-likeness (QED) is 0.358. The van der Waals surface area contributed by atoms with Gasteiger partial charge in [0.05, 0.1) is 12.3 Å². The highest BCUT2D eigenvalue weighted by Crippen LogP contribution is 2.29. The van der Waals surface area contributed by atoms with Crippen LogP contribution in [0.25, 0.3) is 5.69 Å². The molecule has 0 unspecified atom stereocenters. The standard InChI is InChI=1S/C29H29N5O2S/c1-20-8-5-11-23(16-20)28(36)30-18-26-31-32-29(34(26)24-13-6-9-21(2)17-24)37-19-27(35)33-15-7-12-22-10-3-4-14-25(22)33/h3-6,8-11,13-14,16-17H,7,12,15,18-19H2,1-2H3,(H,30,36). The van der Waals surface area contributed by atoms with Gasteiger partial charge in [-0.1, -0.05) is 59.8 Å². The Balaban J connectivity index is 1.35. The van der Waals surface area contributed by atoms with E-state index in [9.17, 15) is 9.59 Å². The number of nitrogens with one attached hydrogen (secondary N) is 1. The van der Waals surface area contributed by atoms with Gasteiger partial charge in [0.25, 0.3) is 5.91 Å². The van der Waals surface area contributed by atoms with E-state index in [-0.39, 0.29) is 24.1 Å². The highest BCUT2D eigenvalue weighted by molar-refractivity contribution is 7.99. The van der Waals surface area contributed by atoms with Crippen LogP contribution in [-0.4, -0.2) is 38.9 Å². The number of aryl methyl sites for hydroxylation is 3. The van der Waals surface area contributed by atoms with Gasteiger partial charge in [0.1, 0.15) is 0 Å². The molecule has 0 saturated heterocycles. The average molecular weight is 512 g/mol. The van der Waals surface area contributed by atoms with E-state index in [4.69, 9.17) is 0 Å². The Labute approximate surface area is 220 Å². The van der Waals surface area contributed by atoms with Crippen LogP contribution in [0.15, 0.2) is 78.0 Å². The van der Waals surface area contributed by atoms with Crippen molar-refractivity contribution < 1.29 is 9.59 Å². The smallest absolute Gasteiger partial charge is 0.251 e. The molecule has 0 bridgehead atoms. The number of carbonyl (C=O) groups is 2. The molecule has 1 aliphatic rings. The van der Waals surface area contributed by atoms with E-state index in [2.05, 4.69) is 21.6 Å². The fraction of sp³-hybridized carbons (Fsp3) is 0.241. The lowest BCUT2D eigenvalue weighted by Gasteiger charge is -2.29. The first-order valence-corrected chi connectivity index (χ1v) is 13.4. The number of carbonyl (C=O) groups excluding carboxylic acids is 2. The molecule has 4 aromatic rings. The van der Waals surface area contributed by atoms with Gasteiger partial charge in [-0.15, -0.1) is 10.2 Å². The van der Waals surface area contributed by atoms with Crippen LogP contribution < -0.4 is 10.2 Å². The SMILES string of the molecule is Cc1cccc(C(=O)NCc2nnc(SCC(=O)N3CCCc4ccccc43)n2-c2cccc(C)c2)c1. The Morgan fingerprint density at radius 1 is 0.946 bits per heavy atom. The Kier molecular flexibility index (Phi) is 7.37. The van der Waals surface area contributed by atoms with E-state index in [1.807, 2.05) is 84.0 Å². The second-order valence-corrected chi connectivity index (χ2v) is 10.1. The van der Waals surface area contributed by atoms with Crippen LogP contribution in [0, 0.1) is 13.8 Å². The first-order valence-electron chi connectivity index (χ1n) is 12.4. The maximum atomic E-state index is 13.2. The molecule has 5 rings (SSSR count). The molecule has 37 heavy (non-hydrogen) atoms.